The molecule has 2 aromatic rings. The number of terminal acetylenes is 1. The summed E-state index contributed by atoms with van der Waals surface area (Å²) in [6, 6.07) is -0.0348. The molecule has 0 aromatic carbocycles. The Morgan fingerprint density at radius 3 is 2.82 bits per heavy atom. The maximum atomic E-state index is 5.51. The molecule has 0 spiro atoms. The number of aromatic nitrogens is 3. The highest BCUT2D eigenvalue weighted by molar-refractivity contribution is 7.13. The van der Waals surface area contributed by atoms with Crippen LogP contribution in [0.4, 0.5) is 5.82 Å². The third-order valence-corrected chi connectivity index (χ3v) is 3.43. The Labute approximate surface area is 105 Å². The van der Waals surface area contributed by atoms with Gasteiger partial charge in [0.25, 0.3) is 0 Å². The topological polar surface area (TPSA) is 50.7 Å². The average Bonchev–Trinajstić information content (AvgIpc) is 2.68. The van der Waals surface area contributed by atoms with Gasteiger partial charge in [-0.05, 0) is 24.4 Å². The predicted molar refractivity (Wildman–Crippen MR) is 71.0 cm³/mol. The highest BCUT2D eigenvalue weighted by Crippen LogP contribution is 2.26. The van der Waals surface area contributed by atoms with Gasteiger partial charge in [0.1, 0.15) is 17.0 Å². The molecule has 1 unspecified atom stereocenters. The Morgan fingerprint density at radius 1 is 1.41 bits per heavy atom. The number of nitrogens with zero attached hydrogens (tertiary/aromatic N) is 3. The van der Waals surface area contributed by atoms with E-state index >= 15 is 0 Å². The smallest absolute Gasteiger partial charge is 0.149 e. The summed E-state index contributed by atoms with van der Waals surface area (Å²) in [4.78, 5) is 9.34. The van der Waals surface area contributed by atoms with Gasteiger partial charge in [-0.2, -0.15) is 4.37 Å². The molecule has 0 aliphatic rings. The fourth-order valence-electron chi connectivity index (χ4n) is 1.58. The summed E-state index contributed by atoms with van der Waals surface area (Å²) < 4.78 is 4.28. The minimum atomic E-state index is -0.0348. The minimum Gasteiger partial charge on any atom is -0.356 e. The van der Waals surface area contributed by atoms with Gasteiger partial charge in [-0.25, -0.2) is 9.97 Å². The van der Waals surface area contributed by atoms with Crippen LogP contribution < -0.4 is 5.32 Å². The van der Waals surface area contributed by atoms with Crippen molar-refractivity contribution in [3.05, 3.63) is 12.0 Å². The Bertz CT molecular complexity index is 567. The van der Waals surface area contributed by atoms with Gasteiger partial charge in [0.05, 0.1) is 17.1 Å². The van der Waals surface area contributed by atoms with Gasteiger partial charge in [-0.15, -0.1) is 6.42 Å². The third-order valence-electron chi connectivity index (χ3n) is 2.58. The molecule has 1 atom stereocenters. The Balaban J connectivity index is 2.42. The van der Waals surface area contributed by atoms with Gasteiger partial charge < -0.3 is 5.32 Å². The number of hydrogen-bond acceptors (Lipinski definition) is 5. The van der Waals surface area contributed by atoms with Crippen molar-refractivity contribution in [2.75, 3.05) is 5.32 Å². The SMILES string of the molecule is C#CC(Nc1ncnc2snc(C)c12)C(C)C. The predicted octanol–water partition coefficient (Wildman–Crippen LogP) is 2.46. The molecule has 2 heterocycles. The molecule has 0 saturated carbocycles. The number of nitrogens with one attached hydrogen (secondary N) is 1. The summed E-state index contributed by atoms with van der Waals surface area (Å²) in [7, 11) is 0. The van der Waals surface area contributed by atoms with Crippen LogP contribution in [0.1, 0.15) is 19.5 Å². The van der Waals surface area contributed by atoms with Gasteiger partial charge in [-0.1, -0.05) is 19.8 Å². The van der Waals surface area contributed by atoms with E-state index in [1.807, 2.05) is 6.92 Å². The van der Waals surface area contributed by atoms with Crippen LogP contribution in [-0.2, 0) is 0 Å². The van der Waals surface area contributed by atoms with Crippen LogP contribution in [0, 0.1) is 25.2 Å². The molecule has 0 amide bonds. The molecule has 4 nitrogen and oxygen atoms in total. The van der Waals surface area contributed by atoms with Gasteiger partial charge in [0.2, 0.25) is 0 Å². The summed E-state index contributed by atoms with van der Waals surface area (Å²) >= 11 is 1.38. The van der Waals surface area contributed by atoms with Gasteiger partial charge >= 0.3 is 0 Å². The van der Waals surface area contributed by atoms with E-state index in [2.05, 4.69) is 39.4 Å². The molecule has 17 heavy (non-hydrogen) atoms. The monoisotopic (exact) mass is 246 g/mol. The van der Waals surface area contributed by atoms with E-state index in [0.29, 0.717) is 5.92 Å². The van der Waals surface area contributed by atoms with Gasteiger partial charge in [-0.3, -0.25) is 0 Å². The fraction of sp³-hybridized carbons (Fsp3) is 0.417. The Kier molecular flexibility index (Phi) is 3.25. The van der Waals surface area contributed by atoms with Crippen LogP contribution in [-0.4, -0.2) is 20.4 Å². The minimum absolute atomic E-state index is 0.0348. The lowest BCUT2D eigenvalue weighted by Gasteiger charge is -2.17. The number of fused-ring (bicyclic) bond motifs is 1. The van der Waals surface area contributed by atoms with Crippen molar-refractivity contribution in [1.82, 2.24) is 14.3 Å². The van der Waals surface area contributed by atoms with Crippen molar-refractivity contribution in [2.24, 2.45) is 5.92 Å². The van der Waals surface area contributed by atoms with E-state index < -0.39 is 0 Å². The zero-order chi connectivity index (χ0) is 12.4. The average molecular weight is 246 g/mol. The highest BCUT2D eigenvalue weighted by atomic mass is 32.1. The lowest BCUT2D eigenvalue weighted by Crippen LogP contribution is -2.24. The molecule has 0 bridgehead atoms. The largest absolute Gasteiger partial charge is 0.356 e. The fourth-order valence-corrected chi connectivity index (χ4v) is 2.32. The molecule has 1 N–H and O–H groups in total. The van der Waals surface area contributed by atoms with E-state index in [1.165, 1.54) is 17.9 Å². The van der Waals surface area contributed by atoms with Crippen molar-refractivity contribution in [2.45, 2.75) is 26.8 Å². The molecular formula is C12H14N4S. The quantitative estimate of drug-likeness (QED) is 0.845. The summed E-state index contributed by atoms with van der Waals surface area (Å²) in [5.74, 6) is 3.86. The first-order valence-corrected chi connectivity index (χ1v) is 6.20. The van der Waals surface area contributed by atoms with Crippen LogP contribution in [0.15, 0.2) is 6.33 Å². The molecule has 88 valence electrons. The first kappa shape index (κ1) is 11.8. The molecule has 0 radical (unpaired) electrons. The maximum absolute atomic E-state index is 5.51. The standard InChI is InChI=1S/C12H14N4S/c1-5-9(7(2)3)15-11-10-8(4)16-17-12(10)14-6-13-11/h1,6-7,9H,2-4H3,(H,13,14,15). The number of anilines is 1. The maximum Gasteiger partial charge on any atom is 0.149 e. The second-order valence-corrected chi connectivity index (χ2v) is 4.95. The number of rotatable bonds is 3. The van der Waals surface area contributed by atoms with Gasteiger partial charge in [0, 0.05) is 0 Å². The lowest BCUT2D eigenvalue weighted by molar-refractivity contribution is 0.613. The van der Waals surface area contributed by atoms with Crippen molar-refractivity contribution in [3.63, 3.8) is 0 Å². The van der Waals surface area contributed by atoms with Crippen molar-refractivity contribution < 1.29 is 0 Å². The van der Waals surface area contributed by atoms with E-state index in [4.69, 9.17) is 6.42 Å². The lowest BCUT2D eigenvalue weighted by atomic mass is 10.1. The summed E-state index contributed by atoms with van der Waals surface area (Å²) in [5, 5.41) is 4.25. The third kappa shape index (κ3) is 2.22. The first-order valence-electron chi connectivity index (χ1n) is 5.43. The van der Waals surface area contributed by atoms with Crippen LogP contribution >= 0.6 is 11.5 Å². The molecule has 0 aliphatic heterocycles. The van der Waals surface area contributed by atoms with Crippen LogP contribution in [0.5, 0.6) is 0 Å². The Morgan fingerprint density at radius 2 is 2.18 bits per heavy atom. The van der Waals surface area contributed by atoms with Crippen molar-refractivity contribution >= 4 is 27.6 Å². The summed E-state index contributed by atoms with van der Waals surface area (Å²) in [5.41, 5.74) is 0.938. The zero-order valence-electron chi connectivity index (χ0n) is 10.1. The van der Waals surface area contributed by atoms with Crippen LogP contribution in [0.3, 0.4) is 0 Å². The van der Waals surface area contributed by atoms with Crippen LogP contribution in [0.2, 0.25) is 0 Å². The number of hydrogen-bond donors (Lipinski definition) is 1. The highest BCUT2D eigenvalue weighted by Gasteiger charge is 2.15. The normalized spacial score (nSPS) is 12.6. The number of aryl methyl sites for hydroxylation is 1. The molecule has 2 aromatic heterocycles. The molecule has 5 heteroatoms. The van der Waals surface area contributed by atoms with Gasteiger partial charge in [0.15, 0.2) is 0 Å². The first-order chi connectivity index (χ1) is 8.13. The van der Waals surface area contributed by atoms with E-state index in [9.17, 15) is 0 Å². The summed E-state index contributed by atoms with van der Waals surface area (Å²) in [6.45, 7) is 6.11. The molecule has 0 saturated heterocycles. The van der Waals surface area contributed by atoms with Crippen molar-refractivity contribution in [1.29, 1.82) is 0 Å². The molecular weight excluding hydrogens is 232 g/mol. The van der Waals surface area contributed by atoms with E-state index in [1.54, 1.807) is 0 Å². The second-order valence-electron chi connectivity index (χ2n) is 4.20. The molecule has 0 aliphatic carbocycles. The molecule has 0 fully saturated rings. The second kappa shape index (κ2) is 4.68. The van der Waals surface area contributed by atoms with E-state index in [0.717, 1.165) is 21.7 Å². The van der Waals surface area contributed by atoms with E-state index in [-0.39, 0.29) is 6.04 Å². The summed E-state index contributed by atoms with van der Waals surface area (Å²) in [6.07, 6.45) is 7.05. The Hall–Kier alpha value is -1.67. The molecule has 2 rings (SSSR count). The van der Waals surface area contributed by atoms with Crippen molar-refractivity contribution in [3.8, 4) is 12.3 Å². The zero-order valence-corrected chi connectivity index (χ0v) is 10.9. The van der Waals surface area contributed by atoms with Crippen LogP contribution in [0.25, 0.3) is 10.2 Å².